The van der Waals surface area contributed by atoms with Crippen LogP contribution in [0, 0.1) is 6.92 Å². The zero-order valence-electron chi connectivity index (χ0n) is 12.6. The van der Waals surface area contributed by atoms with E-state index in [0.717, 1.165) is 35.2 Å². The van der Waals surface area contributed by atoms with E-state index < -0.39 is 0 Å². The molecule has 0 saturated carbocycles. The van der Waals surface area contributed by atoms with E-state index in [1.165, 1.54) is 11.1 Å². The molecule has 0 fully saturated rings. The number of amides is 1. The van der Waals surface area contributed by atoms with Gasteiger partial charge in [0.1, 0.15) is 0 Å². The fraction of sp³-hybridized carbons (Fsp3) is 0.211. The summed E-state index contributed by atoms with van der Waals surface area (Å²) in [5, 5.41) is 1.16. The Labute approximate surface area is 129 Å². The normalized spacial score (nSPS) is 13.6. The maximum Gasteiger partial charge on any atom is 0.227 e. The lowest BCUT2D eigenvalue weighted by atomic mass is 10.1. The number of hydrogen-bond donors (Lipinski definition) is 1. The summed E-state index contributed by atoms with van der Waals surface area (Å²) in [5.74, 6) is 0.198. The molecule has 2 heterocycles. The van der Waals surface area contributed by atoms with Crippen LogP contribution >= 0.6 is 0 Å². The lowest BCUT2D eigenvalue weighted by Crippen LogP contribution is -2.27. The van der Waals surface area contributed by atoms with Crippen molar-refractivity contribution in [3.8, 4) is 0 Å². The van der Waals surface area contributed by atoms with Crippen LogP contribution in [0.3, 0.4) is 0 Å². The Morgan fingerprint density at radius 3 is 2.41 bits per heavy atom. The zero-order valence-corrected chi connectivity index (χ0v) is 12.6. The van der Waals surface area contributed by atoms with Gasteiger partial charge in [-0.25, -0.2) is 0 Å². The second-order valence-electron chi connectivity index (χ2n) is 5.97. The molecular weight excluding hydrogens is 272 g/mol. The molecule has 0 radical (unpaired) electrons. The molecule has 4 rings (SSSR count). The molecule has 1 aromatic heterocycles. The molecule has 0 atom stereocenters. The number of aryl methyl sites for hydroxylation is 1. The molecule has 0 unspecified atom stereocenters. The number of H-pyrrole nitrogens is 1. The van der Waals surface area contributed by atoms with Crippen LogP contribution in [0.15, 0.2) is 48.5 Å². The fourth-order valence-corrected chi connectivity index (χ4v) is 3.34. The Morgan fingerprint density at radius 2 is 1.68 bits per heavy atom. The highest BCUT2D eigenvalue weighted by Gasteiger charge is 2.24. The number of rotatable bonds is 2. The number of aromatic nitrogens is 1. The lowest BCUT2D eigenvalue weighted by Gasteiger charge is -2.15. The van der Waals surface area contributed by atoms with Gasteiger partial charge in [-0.05, 0) is 29.7 Å². The van der Waals surface area contributed by atoms with E-state index in [2.05, 4.69) is 29.2 Å². The predicted octanol–water partition coefficient (Wildman–Crippen LogP) is 3.56. The van der Waals surface area contributed by atoms with Gasteiger partial charge in [0.2, 0.25) is 5.91 Å². The van der Waals surface area contributed by atoms with Gasteiger partial charge < -0.3 is 9.88 Å². The van der Waals surface area contributed by atoms with Crippen molar-refractivity contribution in [2.75, 3.05) is 0 Å². The molecule has 0 spiro atoms. The first kappa shape index (κ1) is 13.1. The third kappa shape index (κ3) is 2.10. The molecule has 22 heavy (non-hydrogen) atoms. The van der Waals surface area contributed by atoms with E-state index >= 15 is 0 Å². The molecule has 0 saturated heterocycles. The summed E-state index contributed by atoms with van der Waals surface area (Å²) in [6.07, 6.45) is 0.462. The molecule has 1 aliphatic rings. The van der Waals surface area contributed by atoms with Crippen molar-refractivity contribution in [2.45, 2.75) is 26.4 Å². The minimum absolute atomic E-state index is 0.198. The SMILES string of the molecule is Cc1[nH]c2ccccc2c1CC(=O)N1Cc2ccccc2C1. The average molecular weight is 290 g/mol. The van der Waals surface area contributed by atoms with Gasteiger partial charge in [-0.15, -0.1) is 0 Å². The molecule has 3 nitrogen and oxygen atoms in total. The predicted molar refractivity (Wildman–Crippen MR) is 87.4 cm³/mol. The quantitative estimate of drug-likeness (QED) is 0.769. The molecule has 0 aliphatic carbocycles. The molecule has 1 amide bonds. The second-order valence-corrected chi connectivity index (χ2v) is 5.97. The highest BCUT2D eigenvalue weighted by Crippen LogP contribution is 2.26. The van der Waals surface area contributed by atoms with Crippen LogP contribution < -0.4 is 0 Å². The van der Waals surface area contributed by atoms with Crippen LogP contribution in [0.4, 0.5) is 0 Å². The number of carbonyl (C=O) groups is 1. The van der Waals surface area contributed by atoms with Gasteiger partial charge in [0, 0.05) is 29.7 Å². The summed E-state index contributed by atoms with van der Waals surface area (Å²) in [4.78, 5) is 18.0. The Morgan fingerprint density at radius 1 is 1.05 bits per heavy atom. The number of aromatic amines is 1. The Bertz CT molecular complexity index is 838. The van der Waals surface area contributed by atoms with Gasteiger partial charge in [0.05, 0.1) is 6.42 Å². The van der Waals surface area contributed by atoms with E-state index in [4.69, 9.17) is 0 Å². The van der Waals surface area contributed by atoms with Gasteiger partial charge in [0.25, 0.3) is 0 Å². The largest absolute Gasteiger partial charge is 0.358 e. The van der Waals surface area contributed by atoms with Crippen molar-refractivity contribution in [1.82, 2.24) is 9.88 Å². The zero-order chi connectivity index (χ0) is 15.1. The van der Waals surface area contributed by atoms with Crippen LogP contribution in [0.1, 0.15) is 22.4 Å². The first-order valence-electron chi connectivity index (χ1n) is 7.63. The second kappa shape index (κ2) is 5.02. The Kier molecular flexibility index (Phi) is 3.00. The van der Waals surface area contributed by atoms with Crippen molar-refractivity contribution in [3.63, 3.8) is 0 Å². The molecule has 1 aliphatic heterocycles. The average Bonchev–Trinajstić information content (AvgIpc) is 3.09. The monoisotopic (exact) mass is 290 g/mol. The molecule has 0 bridgehead atoms. The molecule has 110 valence electrons. The standard InChI is InChI=1S/C19H18N2O/c1-13-17(16-8-4-5-9-18(16)20-13)10-19(22)21-11-14-6-2-3-7-15(14)12-21/h2-9,20H,10-12H2,1H3. The number of nitrogens with one attached hydrogen (secondary N) is 1. The van der Waals surface area contributed by atoms with Crippen molar-refractivity contribution >= 4 is 16.8 Å². The van der Waals surface area contributed by atoms with Crippen molar-refractivity contribution in [2.24, 2.45) is 0 Å². The molecule has 3 aromatic rings. The van der Waals surface area contributed by atoms with Crippen molar-refractivity contribution in [3.05, 3.63) is 70.9 Å². The minimum Gasteiger partial charge on any atom is -0.358 e. The third-order valence-corrected chi connectivity index (χ3v) is 4.55. The Hall–Kier alpha value is -2.55. The van der Waals surface area contributed by atoms with E-state index in [-0.39, 0.29) is 5.91 Å². The third-order valence-electron chi connectivity index (χ3n) is 4.55. The van der Waals surface area contributed by atoms with Gasteiger partial charge >= 0.3 is 0 Å². The van der Waals surface area contributed by atoms with Gasteiger partial charge in [-0.3, -0.25) is 4.79 Å². The maximum absolute atomic E-state index is 12.7. The maximum atomic E-state index is 12.7. The first-order chi connectivity index (χ1) is 10.7. The van der Waals surface area contributed by atoms with Crippen LogP contribution in [-0.4, -0.2) is 15.8 Å². The summed E-state index contributed by atoms with van der Waals surface area (Å²) >= 11 is 0. The van der Waals surface area contributed by atoms with Gasteiger partial charge in [-0.1, -0.05) is 42.5 Å². The van der Waals surface area contributed by atoms with E-state index in [1.54, 1.807) is 0 Å². The van der Waals surface area contributed by atoms with Crippen molar-refractivity contribution < 1.29 is 4.79 Å². The van der Waals surface area contributed by atoms with E-state index in [9.17, 15) is 4.79 Å². The topological polar surface area (TPSA) is 36.1 Å². The van der Waals surface area contributed by atoms with Crippen LogP contribution in [0.2, 0.25) is 0 Å². The summed E-state index contributed by atoms with van der Waals surface area (Å²) in [5.41, 5.74) is 5.85. The van der Waals surface area contributed by atoms with Crippen LogP contribution in [0.25, 0.3) is 10.9 Å². The highest BCUT2D eigenvalue weighted by molar-refractivity contribution is 5.90. The lowest BCUT2D eigenvalue weighted by molar-refractivity contribution is -0.131. The Balaban J connectivity index is 1.59. The van der Waals surface area contributed by atoms with Crippen LogP contribution in [0.5, 0.6) is 0 Å². The summed E-state index contributed by atoms with van der Waals surface area (Å²) in [7, 11) is 0. The number of benzene rings is 2. The molecule has 3 heteroatoms. The molecular formula is C19H18N2O. The van der Waals surface area contributed by atoms with E-state index in [0.29, 0.717) is 6.42 Å². The summed E-state index contributed by atoms with van der Waals surface area (Å²) < 4.78 is 0. The first-order valence-corrected chi connectivity index (χ1v) is 7.63. The summed E-state index contributed by atoms with van der Waals surface area (Å²) in [6.45, 7) is 3.51. The van der Waals surface area contributed by atoms with Crippen molar-refractivity contribution in [1.29, 1.82) is 0 Å². The van der Waals surface area contributed by atoms with E-state index in [1.807, 2.05) is 36.1 Å². The van der Waals surface area contributed by atoms with Crippen LogP contribution in [-0.2, 0) is 24.3 Å². The number of hydrogen-bond acceptors (Lipinski definition) is 1. The molecule has 2 aromatic carbocycles. The highest BCUT2D eigenvalue weighted by atomic mass is 16.2. The number of nitrogens with zero attached hydrogens (tertiary/aromatic N) is 1. The number of carbonyl (C=O) groups excluding carboxylic acids is 1. The fourth-order valence-electron chi connectivity index (χ4n) is 3.34. The molecule has 1 N–H and O–H groups in total. The van der Waals surface area contributed by atoms with Gasteiger partial charge in [-0.2, -0.15) is 0 Å². The number of fused-ring (bicyclic) bond motifs is 2. The smallest absolute Gasteiger partial charge is 0.227 e. The van der Waals surface area contributed by atoms with Gasteiger partial charge in [0.15, 0.2) is 0 Å². The minimum atomic E-state index is 0.198. The number of para-hydroxylation sites is 1. The summed E-state index contributed by atoms with van der Waals surface area (Å²) in [6, 6.07) is 16.5.